The molecule has 134 valence electrons. The smallest absolute Gasteiger partial charge is 0.254 e. The fraction of sp³-hybridized carbons (Fsp3) is 0.316. The molecule has 7 heteroatoms. The molecule has 7 nitrogen and oxygen atoms in total. The van der Waals surface area contributed by atoms with E-state index >= 15 is 0 Å². The summed E-state index contributed by atoms with van der Waals surface area (Å²) in [4.78, 5) is 26.7. The predicted molar refractivity (Wildman–Crippen MR) is 97.6 cm³/mol. The number of carbonyl (C=O) groups excluding carboxylic acids is 2. The molecular formula is C19H21N5O2. The molecule has 3 aromatic rings. The summed E-state index contributed by atoms with van der Waals surface area (Å²) < 4.78 is 3.89. The summed E-state index contributed by atoms with van der Waals surface area (Å²) in [7, 11) is 3.60. The molecule has 0 spiro atoms. The number of rotatable bonds is 3. The second kappa shape index (κ2) is 6.33. The Hall–Kier alpha value is -3.09. The molecular weight excluding hydrogens is 330 g/mol. The molecule has 0 bridgehead atoms. The first-order chi connectivity index (χ1) is 12.6. The summed E-state index contributed by atoms with van der Waals surface area (Å²) in [6.45, 7) is 0.962. The maximum atomic E-state index is 13.1. The molecule has 4 rings (SSSR count). The van der Waals surface area contributed by atoms with Gasteiger partial charge in [0.15, 0.2) is 0 Å². The maximum Gasteiger partial charge on any atom is 0.254 e. The molecule has 3 heterocycles. The maximum absolute atomic E-state index is 13.1. The number of aryl methyl sites for hydroxylation is 1. The largest absolute Gasteiger partial charge is 0.359 e. The number of hydrogen-bond donors (Lipinski definition) is 1. The van der Waals surface area contributed by atoms with Crippen LogP contribution in [0.25, 0.3) is 10.9 Å². The molecule has 0 radical (unpaired) electrons. The van der Waals surface area contributed by atoms with Gasteiger partial charge in [-0.3, -0.25) is 14.3 Å². The number of nitrogens with zero attached hydrogens (tertiary/aromatic N) is 4. The van der Waals surface area contributed by atoms with Gasteiger partial charge in [-0.15, -0.1) is 0 Å². The summed E-state index contributed by atoms with van der Waals surface area (Å²) in [6.07, 6.45) is 4.00. The molecule has 1 atom stereocenters. The zero-order chi connectivity index (χ0) is 18.3. The van der Waals surface area contributed by atoms with E-state index in [2.05, 4.69) is 10.4 Å². The fourth-order valence-electron chi connectivity index (χ4n) is 3.61. The number of benzene rings is 1. The van der Waals surface area contributed by atoms with Gasteiger partial charge in [0.2, 0.25) is 5.91 Å². The Labute approximate surface area is 151 Å². The first kappa shape index (κ1) is 16.4. The summed E-state index contributed by atoms with van der Waals surface area (Å²) >= 11 is 0. The van der Waals surface area contributed by atoms with Crippen LogP contribution in [-0.2, 0) is 18.4 Å². The number of amides is 2. The average Bonchev–Trinajstić information content (AvgIpc) is 3.27. The van der Waals surface area contributed by atoms with Crippen molar-refractivity contribution in [1.82, 2.24) is 24.6 Å². The van der Waals surface area contributed by atoms with Crippen LogP contribution in [-0.4, -0.2) is 44.7 Å². The van der Waals surface area contributed by atoms with Gasteiger partial charge in [-0.05, 0) is 30.3 Å². The number of nitrogens with one attached hydrogen (secondary N) is 1. The van der Waals surface area contributed by atoms with E-state index in [0.717, 1.165) is 16.6 Å². The Morgan fingerprint density at radius 3 is 2.92 bits per heavy atom. The third-order valence-electron chi connectivity index (χ3n) is 5.00. The highest BCUT2D eigenvalue weighted by Crippen LogP contribution is 2.25. The minimum absolute atomic E-state index is 0.0230. The van der Waals surface area contributed by atoms with Crippen LogP contribution in [0, 0.1) is 0 Å². The van der Waals surface area contributed by atoms with Crippen LogP contribution in [0.2, 0.25) is 0 Å². The number of carbonyl (C=O) groups is 2. The van der Waals surface area contributed by atoms with Crippen molar-refractivity contribution in [2.75, 3.05) is 13.6 Å². The lowest BCUT2D eigenvalue weighted by Gasteiger charge is -2.33. The van der Waals surface area contributed by atoms with Crippen LogP contribution in [0.4, 0.5) is 0 Å². The lowest BCUT2D eigenvalue weighted by molar-refractivity contribution is -0.121. The SMILES string of the molecule is CNC(=O)CC1CN(C(=O)c2ccc3c(ccn3C)c2)Cc2ccnn21. The average molecular weight is 351 g/mol. The Kier molecular flexibility index (Phi) is 3.99. The Morgan fingerprint density at radius 2 is 2.12 bits per heavy atom. The number of hydrogen-bond acceptors (Lipinski definition) is 3. The van der Waals surface area contributed by atoms with Crippen molar-refractivity contribution in [3.8, 4) is 0 Å². The second-order valence-corrected chi connectivity index (χ2v) is 6.68. The molecule has 0 fully saturated rings. The molecule has 1 N–H and O–H groups in total. The zero-order valence-corrected chi connectivity index (χ0v) is 14.8. The zero-order valence-electron chi connectivity index (χ0n) is 14.8. The lowest BCUT2D eigenvalue weighted by Crippen LogP contribution is -2.42. The van der Waals surface area contributed by atoms with Gasteiger partial charge in [-0.25, -0.2) is 0 Å². The molecule has 1 aromatic carbocycles. The van der Waals surface area contributed by atoms with Gasteiger partial charge >= 0.3 is 0 Å². The molecule has 0 saturated heterocycles. The number of fused-ring (bicyclic) bond motifs is 2. The minimum atomic E-state index is -0.155. The summed E-state index contributed by atoms with van der Waals surface area (Å²) in [5.41, 5.74) is 2.70. The molecule has 2 aromatic heterocycles. The highest BCUT2D eigenvalue weighted by atomic mass is 16.2. The topological polar surface area (TPSA) is 72.2 Å². The van der Waals surface area contributed by atoms with E-state index in [1.165, 1.54) is 0 Å². The normalized spacial score (nSPS) is 16.5. The highest BCUT2D eigenvalue weighted by Gasteiger charge is 2.30. The van der Waals surface area contributed by atoms with Crippen LogP contribution in [0.15, 0.2) is 42.7 Å². The standard InChI is InChI=1S/C19H21N5O2/c1-20-18(25)10-16-12-23(11-15-5-7-21-24(15)16)19(26)14-3-4-17-13(9-14)6-8-22(17)2/h3-9,16H,10-12H2,1-2H3,(H,20,25). The Bertz CT molecular complexity index is 987. The van der Waals surface area contributed by atoms with Crippen molar-refractivity contribution in [2.45, 2.75) is 19.0 Å². The van der Waals surface area contributed by atoms with E-state index in [1.54, 1.807) is 18.1 Å². The Morgan fingerprint density at radius 1 is 1.27 bits per heavy atom. The summed E-state index contributed by atoms with van der Waals surface area (Å²) in [6, 6.07) is 9.52. The Balaban J connectivity index is 1.62. The van der Waals surface area contributed by atoms with Crippen LogP contribution in [0.3, 0.4) is 0 Å². The summed E-state index contributed by atoms with van der Waals surface area (Å²) in [5.74, 6) is -0.0819. The van der Waals surface area contributed by atoms with Gasteiger partial charge in [0.1, 0.15) is 0 Å². The molecule has 0 saturated carbocycles. The van der Waals surface area contributed by atoms with E-state index in [9.17, 15) is 9.59 Å². The van der Waals surface area contributed by atoms with E-state index < -0.39 is 0 Å². The molecule has 2 amide bonds. The monoisotopic (exact) mass is 351 g/mol. The van der Waals surface area contributed by atoms with Crippen molar-refractivity contribution in [1.29, 1.82) is 0 Å². The molecule has 26 heavy (non-hydrogen) atoms. The second-order valence-electron chi connectivity index (χ2n) is 6.68. The highest BCUT2D eigenvalue weighted by molar-refractivity contribution is 5.98. The van der Waals surface area contributed by atoms with Gasteiger partial charge in [-0.2, -0.15) is 5.10 Å². The van der Waals surface area contributed by atoms with Gasteiger partial charge in [0.05, 0.1) is 24.7 Å². The quantitative estimate of drug-likeness (QED) is 0.781. The first-order valence-corrected chi connectivity index (χ1v) is 8.64. The van der Waals surface area contributed by atoms with Crippen molar-refractivity contribution < 1.29 is 9.59 Å². The first-order valence-electron chi connectivity index (χ1n) is 8.64. The van der Waals surface area contributed by atoms with Crippen LogP contribution in [0.1, 0.15) is 28.5 Å². The van der Waals surface area contributed by atoms with Crippen molar-refractivity contribution in [3.63, 3.8) is 0 Å². The lowest BCUT2D eigenvalue weighted by atomic mass is 10.1. The third kappa shape index (κ3) is 2.75. The van der Waals surface area contributed by atoms with E-state index in [0.29, 0.717) is 25.1 Å². The van der Waals surface area contributed by atoms with Crippen molar-refractivity contribution in [2.24, 2.45) is 7.05 Å². The summed E-state index contributed by atoms with van der Waals surface area (Å²) in [5, 5.41) is 8.02. The van der Waals surface area contributed by atoms with Gasteiger partial charge in [0, 0.05) is 49.5 Å². The third-order valence-corrected chi connectivity index (χ3v) is 5.00. The molecule has 0 aliphatic carbocycles. The van der Waals surface area contributed by atoms with Crippen LogP contribution in [0.5, 0.6) is 0 Å². The van der Waals surface area contributed by atoms with Crippen molar-refractivity contribution >= 4 is 22.7 Å². The molecule has 1 unspecified atom stereocenters. The van der Waals surface area contributed by atoms with Gasteiger partial charge < -0.3 is 14.8 Å². The predicted octanol–water partition coefficient (Wildman–Crippen LogP) is 1.71. The minimum Gasteiger partial charge on any atom is -0.359 e. The van der Waals surface area contributed by atoms with Gasteiger partial charge in [-0.1, -0.05) is 0 Å². The van der Waals surface area contributed by atoms with Crippen LogP contribution >= 0.6 is 0 Å². The molecule has 1 aliphatic rings. The molecule has 1 aliphatic heterocycles. The number of aromatic nitrogens is 3. The van der Waals surface area contributed by atoms with E-state index in [4.69, 9.17) is 0 Å². The van der Waals surface area contributed by atoms with Gasteiger partial charge in [0.25, 0.3) is 5.91 Å². The fourth-order valence-corrected chi connectivity index (χ4v) is 3.61. The van der Waals surface area contributed by atoms with E-state index in [-0.39, 0.29) is 17.9 Å². The van der Waals surface area contributed by atoms with Crippen LogP contribution < -0.4 is 5.32 Å². The van der Waals surface area contributed by atoms with E-state index in [1.807, 2.05) is 52.8 Å². The van der Waals surface area contributed by atoms with Crippen molar-refractivity contribution in [3.05, 3.63) is 54.0 Å².